The zero-order valence-corrected chi connectivity index (χ0v) is 8.06. The first-order valence-corrected chi connectivity index (χ1v) is 4.58. The van der Waals surface area contributed by atoms with Crippen molar-refractivity contribution < 1.29 is 9.90 Å². The van der Waals surface area contributed by atoms with Gasteiger partial charge in [0.15, 0.2) is 11.7 Å². The van der Waals surface area contributed by atoms with E-state index in [-0.39, 0.29) is 18.5 Å². The number of aryl methyl sites for hydroxylation is 1. The van der Waals surface area contributed by atoms with E-state index in [4.69, 9.17) is 16.7 Å². The van der Waals surface area contributed by atoms with E-state index >= 15 is 0 Å². The molecule has 0 atom stereocenters. The van der Waals surface area contributed by atoms with Crippen LogP contribution in [0.5, 0.6) is 0 Å². The molecule has 6 heteroatoms. The summed E-state index contributed by atoms with van der Waals surface area (Å²) in [7, 11) is 0. The molecular weight excluding hydrogens is 214 g/mol. The highest BCUT2D eigenvalue weighted by molar-refractivity contribution is 7.11. The highest BCUT2D eigenvalue weighted by atomic mass is 35.5. The van der Waals surface area contributed by atoms with Crippen molar-refractivity contribution >= 4 is 29.1 Å². The maximum absolute atomic E-state index is 11.0. The summed E-state index contributed by atoms with van der Waals surface area (Å²) in [6.07, 6.45) is 0.0975. The van der Waals surface area contributed by atoms with Gasteiger partial charge in [-0.1, -0.05) is 11.6 Å². The second kappa shape index (κ2) is 4.28. The van der Waals surface area contributed by atoms with Crippen LogP contribution in [-0.4, -0.2) is 15.0 Å². The van der Waals surface area contributed by atoms with Gasteiger partial charge in [-0.15, -0.1) is 0 Å². The van der Waals surface area contributed by atoms with Crippen molar-refractivity contribution in [3.8, 4) is 0 Å². The highest BCUT2D eigenvalue weighted by Crippen LogP contribution is 2.12. The highest BCUT2D eigenvalue weighted by Gasteiger charge is 2.02. The molecule has 0 aliphatic rings. The minimum Gasteiger partial charge on any atom is -0.502 e. The van der Waals surface area contributed by atoms with Crippen LogP contribution in [0, 0.1) is 0 Å². The molecule has 0 aromatic carbocycles. The lowest BCUT2D eigenvalue weighted by Crippen LogP contribution is -2.12. The van der Waals surface area contributed by atoms with Gasteiger partial charge in [-0.3, -0.25) is 8.75 Å². The predicted octanol–water partition coefficient (Wildman–Crippen LogP) is 1.23. The molecule has 0 amide bonds. The molecule has 0 aliphatic heterocycles. The maximum Gasteiger partial charge on any atom is 0.262 e. The molecule has 70 valence electrons. The van der Waals surface area contributed by atoms with Crippen molar-refractivity contribution in [2.75, 3.05) is 0 Å². The largest absolute Gasteiger partial charge is 0.502 e. The van der Waals surface area contributed by atoms with Crippen LogP contribution in [0.3, 0.4) is 0 Å². The molecular formula is C7H6ClNO3S. The number of nitrogens with zero attached hydrogens (tertiary/aromatic N) is 1. The Kier molecular flexibility index (Phi) is 3.31. The van der Waals surface area contributed by atoms with Gasteiger partial charge in [-0.25, -0.2) is 4.79 Å². The SMILES string of the molecule is O=C=C(O)CCn1sc(Cl)cc1=O. The van der Waals surface area contributed by atoms with E-state index in [9.17, 15) is 9.59 Å². The molecule has 1 aromatic rings. The standard InChI is InChI=1S/C7H6ClNO3S/c8-6-3-7(12)9(13-6)2-1-5(11)4-10/h3,11H,1-2H2. The number of aliphatic hydroxyl groups is 1. The molecule has 1 aromatic heterocycles. The van der Waals surface area contributed by atoms with E-state index in [2.05, 4.69) is 0 Å². The molecule has 1 N–H and O–H groups in total. The van der Waals surface area contributed by atoms with Gasteiger partial charge < -0.3 is 5.11 Å². The average molecular weight is 220 g/mol. The molecule has 1 heterocycles. The molecule has 0 saturated carbocycles. The fraction of sp³-hybridized carbons (Fsp3) is 0.286. The Morgan fingerprint density at radius 3 is 2.92 bits per heavy atom. The molecule has 0 radical (unpaired) electrons. The van der Waals surface area contributed by atoms with Gasteiger partial charge >= 0.3 is 0 Å². The zero-order chi connectivity index (χ0) is 9.84. The van der Waals surface area contributed by atoms with E-state index in [1.807, 2.05) is 0 Å². The summed E-state index contributed by atoms with van der Waals surface area (Å²) in [6, 6.07) is 1.29. The number of hydrogen-bond acceptors (Lipinski definition) is 4. The Hall–Kier alpha value is -1.03. The third-order valence-electron chi connectivity index (χ3n) is 1.35. The zero-order valence-electron chi connectivity index (χ0n) is 6.49. The van der Waals surface area contributed by atoms with Crippen LogP contribution in [0.2, 0.25) is 4.34 Å². The van der Waals surface area contributed by atoms with Crippen LogP contribution in [0.1, 0.15) is 6.42 Å². The number of carbonyl (C=O) groups excluding carboxylic acids is 1. The second-order valence-corrected chi connectivity index (χ2v) is 3.97. The number of rotatable bonds is 3. The van der Waals surface area contributed by atoms with Gasteiger partial charge in [0, 0.05) is 19.0 Å². The summed E-state index contributed by atoms with van der Waals surface area (Å²) in [5.74, 6) is 0.948. The summed E-state index contributed by atoms with van der Waals surface area (Å²) in [5, 5.41) is 8.77. The van der Waals surface area contributed by atoms with Crippen LogP contribution in [0.4, 0.5) is 0 Å². The number of allylic oxidation sites excluding steroid dienone is 1. The first-order chi connectivity index (χ1) is 6.13. The Balaban J connectivity index is 2.70. The van der Waals surface area contributed by atoms with Crippen LogP contribution < -0.4 is 5.56 Å². The van der Waals surface area contributed by atoms with Gasteiger partial charge in [0.25, 0.3) is 5.56 Å². The van der Waals surface area contributed by atoms with Gasteiger partial charge in [-0.05, 0) is 11.5 Å². The Bertz CT molecular complexity index is 402. The van der Waals surface area contributed by atoms with Gasteiger partial charge in [0.2, 0.25) is 0 Å². The summed E-state index contributed by atoms with van der Waals surface area (Å²) in [4.78, 5) is 20.9. The van der Waals surface area contributed by atoms with Crippen molar-refractivity contribution in [2.24, 2.45) is 0 Å². The van der Waals surface area contributed by atoms with Crippen LogP contribution in [0.25, 0.3) is 0 Å². The summed E-state index contributed by atoms with van der Waals surface area (Å²) in [5.41, 5.74) is -0.228. The van der Waals surface area contributed by atoms with Crippen molar-refractivity contribution in [2.45, 2.75) is 13.0 Å². The minimum absolute atomic E-state index is 0.0975. The third kappa shape index (κ3) is 2.73. The Morgan fingerprint density at radius 2 is 2.46 bits per heavy atom. The third-order valence-corrected chi connectivity index (χ3v) is 2.54. The van der Waals surface area contributed by atoms with Crippen LogP contribution in [0.15, 0.2) is 16.6 Å². The lowest BCUT2D eigenvalue weighted by atomic mass is 10.4. The summed E-state index contributed by atoms with van der Waals surface area (Å²) >= 11 is 6.65. The first-order valence-electron chi connectivity index (χ1n) is 3.43. The molecule has 0 unspecified atom stereocenters. The lowest BCUT2D eigenvalue weighted by Gasteiger charge is -1.96. The summed E-state index contributed by atoms with van der Waals surface area (Å²) < 4.78 is 1.75. The monoisotopic (exact) mass is 219 g/mol. The quantitative estimate of drug-likeness (QED) is 0.615. The molecule has 0 bridgehead atoms. The van der Waals surface area contributed by atoms with Crippen molar-refractivity contribution in [1.29, 1.82) is 0 Å². The number of aliphatic hydroxyl groups excluding tert-OH is 1. The van der Waals surface area contributed by atoms with Crippen molar-refractivity contribution in [3.05, 3.63) is 26.5 Å². The van der Waals surface area contributed by atoms with Crippen LogP contribution >= 0.6 is 23.1 Å². The van der Waals surface area contributed by atoms with Crippen molar-refractivity contribution in [3.63, 3.8) is 0 Å². The molecule has 1 rings (SSSR count). The van der Waals surface area contributed by atoms with E-state index in [1.165, 1.54) is 16.0 Å². The number of halogens is 1. The van der Waals surface area contributed by atoms with E-state index in [1.54, 1.807) is 0 Å². The fourth-order valence-corrected chi connectivity index (χ4v) is 1.79. The van der Waals surface area contributed by atoms with Gasteiger partial charge in [-0.2, -0.15) is 0 Å². The molecule has 0 spiro atoms. The number of aromatic nitrogens is 1. The Labute approximate surface area is 82.8 Å². The fourth-order valence-electron chi connectivity index (χ4n) is 0.760. The van der Waals surface area contributed by atoms with Gasteiger partial charge in [0.05, 0.1) is 0 Å². The first kappa shape index (κ1) is 10.1. The molecule has 0 aliphatic carbocycles. The maximum atomic E-state index is 11.0. The topological polar surface area (TPSA) is 59.3 Å². The Morgan fingerprint density at radius 1 is 1.77 bits per heavy atom. The normalized spacial score (nSPS) is 9.62. The van der Waals surface area contributed by atoms with E-state index in [0.717, 1.165) is 11.5 Å². The van der Waals surface area contributed by atoms with Crippen LogP contribution in [-0.2, 0) is 11.3 Å². The predicted molar refractivity (Wildman–Crippen MR) is 50.0 cm³/mol. The summed E-state index contributed by atoms with van der Waals surface area (Å²) in [6.45, 7) is 0.247. The smallest absolute Gasteiger partial charge is 0.262 e. The second-order valence-electron chi connectivity index (χ2n) is 2.28. The average Bonchev–Trinajstić information content (AvgIpc) is 2.41. The van der Waals surface area contributed by atoms with Gasteiger partial charge in [0.1, 0.15) is 4.34 Å². The molecule has 0 saturated heterocycles. The van der Waals surface area contributed by atoms with E-state index in [0.29, 0.717) is 4.34 Å². The molecule has 4 nitrogen and oxygen atoms in total. The number of hydrogen-bond donors (Lipinski definition) is 1. The minimum atomic E-state index is -0.392. The molecule has 0 fully saturated rings. The van der Waals surface area contributed by atoms with E-state index < -0.39 is 5.76 Å². The van der Waals surface area contributed by atoms with Crippen molar-refractivity contribution in [1.82, 2.24) is 3.96 Å². The lowest BCUT2D eigenvalue weighted by molar-refractivity contribution is 0.381. The molecule has 13 heavy (non-hydrogen) atoms.